The Morgan fingerprint density at radius 2 is 2.03 bits per heavy atom. The predicted octanol–water partition coefficient (Wildman–Crippen LogP) is 4.78. The molecule has 0 amide bonds. The molecule has 0 bridgehead atoms. The summed E-state index contributed by atoms with van der Waals surface area (Å²) in [6, 6.07) is 4.02. The lowest BCUT2D eigenvalue weighted by atomic mass is 9.88. The number of hydrogen-bond donors (Lipinski definition) is 3. The number of hydrogen-bond acceptors (Lipinski definition) is 5. The van der Waals surface area contributed by atoms with Crippen LogP contribution in [-0.4, -0.2) is 31.7 Å². The SMILES string of the molecule is CC(Nc1c(-c2ccc(F)cc2Cl)c(Cl)nc2c(C(N)=NO)cnn12)C(C)(C)C. The second-order valence-electron chi connectivity index (χ2n) is 7.76. The smallest absolute Gasteiger partial charge is 0.175 e. The van der Waals surface area contributed by atoms with E-state index in [-0.39, 0.29) is 27.5 Å². The molecule has 0 saturated heterocycles. The Hall–Kier alpha value is -2.58. The van der Waals surface area contributed by atoms with Gasteiger partial charge in [-0.25, -0.2) is 9.37 Å². The Morgan fingerprint density at radius 1 is 1.34 bits per heavy atom. The predicted molar refractivity (Wildman–Crippen MR) is 113 cm³/mol. The molecule has 0 radical (unpaired) electrons. The van der Waals surface area contributed by atoms with Crippen LogP contribution in [0.3, 0.4) is 0 Å². The highest BCUT2D eigenvalue weighted by Crippen LogP contribution is 2.40. The van der Waals surface area contributed by atoms with Crippen LogP contribution in [0.2, 0.25) is 10.2 Å². The number of benzene rings is 1. The van der Waals surface area contributed by atoms with Gasteiger partial charge in [0.25, 0.3) is 0 Å². The molecule has 0 aliphatic heterocycles. The molecule has 0 aliphatic carbocycles. The summed E-state index contributed by atoms with van der Waals surface area (Å²) < 4.78 is 15.1. The summed E-state index contributed by atoms with van der Waals surface area (Å²) in [5.41, 5.74) is 7.23. The Bertz CT molecular complexity index is 1110. The third-order valence-electron chi connectivity index (χ3n) is 4.84. The van der Waals surface area contributed by atoms with Crippen LogP contribution in [-0.2, 0) is 0 Å². The number of anilines is 1. The fourth-order valence-electron chi connectivity index (χ4n) is 2.69. The van der Waals surface area contributed by atoms with Crippen LogP contribution in [0.1, 0.15) is 33.3 Å². The lowest BCUT2D eigenvalue weighted by Gasteiger charge is -2.30. The maximum atomic E-state index is 13.6. The molecular formula is C19H21Cl2FN6O. The zero-order valence-electron chi connectivity index (χ0n) is 16.3. The second-order valence-corrected chi connectivity index (χ2v) is 8.53. The van der Waals surface area contributed by atoms with E-state index in [2.05, 4.69) is 41.3 Å². The average Bonchev–Trinajstić information content (AvgIpc) is 3.05. The van der Waals surface area contributed by atoms with Crippen LogP contribution in [0.4, 0.5) is 10.2 Å². The van der Waals surface area contributed by atoms with Crippen molar-refractivity contribution in [2.24, 2.45) is 16.3 Å². The highest BCUT2D eigenvalue weighted by atomic mass is 35.5. The second kappa shape index (κ2) is 7.68. The summed E-state index contributed by atoms with van der Waals surface area (Å²) in [5.74, 6) is -0.103. The van der Waals surface area contributed by atoms with Crippen LogP contribution in [0.25, 0.3) is 16.8 Å². The van der Waals surface area contributed by atoms with Crippen molar-refractivity contribution in [3.8, 4) is 11.1 Å². The van der Waals surface area contributed by atoms with Crippen LogP contribution in [0.5, 0.6) is 0 Å². The number of nitrogens with two attached hydrogens (primary N) is 1. The van der Waals surface area contributed by atoms with E-state index in [1.807, 2.05) is 6.92 Å². The van der Waals surface area contributed by atoms with Crippen LogP contribution in [0, 0.1) is 11.2 Å². The summed E-state index contributed by atoms with van der Waals surface area (Å²) in [5, 5.41) is 20.1. The van der Waals surface area contributed by atoms with Gasteiger partial charge in [0.1, 0.15) is 16.8 Å². The highest BCUT2D eigenvalue weighted by Gasteiger charge is 2.26. The Labute approximate surface area is 177 Å². The normalized spacial score (nSPS) is 13.7. The van der Waals surface area contributed by atoms with Gasteiger partial charge in [0.2, 0.25) is 0 Å². The number of oxime groups is 1. The van der Waals surface area contributed by atoms with Gasteiger partial charge in [-0.1, -0.05) is 49.1 Å². The van der Waals surface area contributed by atoms with E-state index < -0.39 is 5.82 Å². The lowest BCUT2D eigenvalue weighted by Crippen LogP contribution is -2.32. The molecule has 7 nitrogen and oxygen atoms in total. The third-order valence-corrected chi connectivity index (χ3v) is 5.43. The minimum absolute atomic E-state index is 0.0151. The third kappa shape index (κ3) is 3.95. The lowest BCUT2D eigenvalue weighted by molar-refractivity contribution is 0.318. The molecule has 1 atom stereocenters. The van der Waals surface area contributed by atoms with E-state index in [0.717, 1.165) is 0 Å². The number of nitrogens with one attached hydrogen (secondary N) is 1. The van der Waals surface area contributed by atoms with Crippen molar-refractivity contribution < 1.29 is 9.60 Å². The largest absolute Gasteiger partial charge is 0.409 e. The van der Waals surface area contributed by atoms with Crippen molar-refractivity contribution in [2.75, 3.05) is 5.32 Å². The van der Waals surface area contributed by atoms with Crippen molar-refractivity contribution >= 4 is 40.5 Å². The molecule has 0 fully saturated rings. The maximum Gasteiger partial charge on any atom is 0.175 e. The number of aromatic nitrogens is 3. The van der Waals surface area contributed by atoms with Gasteiger partial charge in [-0.05, 0) is 30.5 Å². The molecule has 2 heterocycles. The molecule has 0 saturated carbocycles. The molecular weight excluding hydrogens is 418 g/mol. The molecule has 3 rings (SSSR count). The first-order valence-corrected chi connectivity index (χ1v) is 9.57. The van der Waals surface area contributed by atoms with Gasteiger partial charge < -0.3 is 16.3 Å². The van der Waals surface area contributed by atoms with Gasteiger partial charge in [-0.2, -0.15) is 9.61 Å². The number of amidine groups is 1. The first kappa shape index (κ1) is 21.1. The van der Waals surface area contributed by atoms with Gasteiger partial charge in [0.05, 0.1) is 22.3 Å². The quantitative estimate of drug-likeness (QED) is 0.179. The van der Waals surface area contributed by atoms with Gasteiger partial charge >= 0.3 is 0 Å². The minimum atomic E-state index is -0.463. The zero-order chi connectivity index (χ0) is 21.5. The Morgan fingerprint density at radius 3 is 2.62 bits per heavy atom. The first-order chi connectivity index (χ1) is 13.5. The number of halogens is 3. The number of fused-ring (bicyclic) bond motifs is 1. The highest BCUT2D eigenvalue weighted by molar-refractivity contribution is 6.36. The van der Waals surface area contributed by atoms with Crippen LogP contribution >= 0.6 is 23.2 Å². The van der Waals surface area contributed by atoms with Crippen LogP contribution < -0.4 is 11.1 Å². The van der Waals surface area contributed by atoms with E-state index in [9.17, 15) is 4.39 Å². The van der Waals surface area contributed by atoms with Crippen molar-refractivity contribution in [3.63, 3.8) is 0 Å². The number of nitrogens with zero attached hydrogens (tertiary/aromatic N) is 4. The van der Waals surface area contributed by atoms with Gasteiger partial charge in [-0.15, -0.1) is 0 Å². The monoisotopic (exact) mass is 438 g/mol. The standard InChI is InChI=1S/C19H21Cl2FN6O/c1-9(19(2,3)4)25-18-14(11-6-5-10(22)7-13(11)20)15(21)26-17-12(16(23)27-29)8-24-28(17)18/h5-9,25,29H,1-4H3,(H2,23,27). The first-order valence-electron chi connectivity index (χ1n) is 8.81. The molecule has 29 heavy (non-hydrogen) atoms. The summed E-state index contributed by atoms with van der Waals surface area (Å²) >= 11 is 12.8. The van der Waals surface area contributed by atoms with E-state index in [4.69, 9.17) is 34.1 Å². The fraction of sp³-hybridized carbons (Fsp3) is 0.316. The van der Waals surface area contributed by atoms with Gasteiger partial charge in [0.15, 0.2) is 11.5 Å². The van der Waals surface area contributed by atoms with Crippen molar-refractivity contribution in [2.45, 2.75) is 33.7 Å². The molecule has 1 unspecified atom stereocenters. The van der Waals surface area contributed by atoms with Crippen molar-refractivity contribution in [1.29, 1.82) is 0 Å². The van der Waals surface area contributed by atoms with Crippen molar-refractivity contribution in [1.82, 2.24) is 14.6 Å². The molecule has 10 heteroatoms. The Balaban J connectivity index is 2.35. The molecule has 0 spiro atoms. The van der Waals surface area contributed by atoms with Gasteiger partial charge in [-0.3, -0.25) is 0 Å². The molecule has 2 aromatic heterocycles. The molecule has 3 aromatic rings. The van der Waals surface area contributed by atoms with E-state index in [1.54, 1.807) is 0 Å². The Kier molecular flexibility index (Phi) is 5.60. The number of rotatable bonds is 4. The topological polar surface area (TPSA) is 101 Å². The molecule has 154 valence electrons. The fourth-order valence-corrected chi connectivity index (χ4v) is 3.22. The zero-order valence-corrected chi connectivity index (χ0v) is 17.8. The van der Waals surface area contributed by atoms with Crippen molar-refractivity contribution in [3.05, 3.63) is 46.0 Å². The minimum Gasteiger partial charge on any atom is -0.409 e. The average molecular weight is 439 g/mol. The molecule has 1 aromatic carbocycles. The van der Waals surface area contributed by atoms with E-state index in [0.29, 0.717) is 28.2 Å². The summed E-state index contributed by atoms with van der Waals surface area (Å²) in [6.45, 7) is 8.27. The molecule has 0 aliphatic rings. The maximum absolute atomic E-state index is 13.6. The summed E-state index contributed by atoms with van der Waals surface area (Å²) in [7, 11) is 0. The van der Waals surface area contributed by atoms with Gasteiger partial charge in [0, 0.05) is 11.6 Å². The van der Waals surface area contributed by atoms with E-state index in [1.165, 1.54) is 28.9 Å². The van der Waals surface area contributed by atoms with E-state index >= 15 is 0 Å². The van der Waals surface area contributed by atoms with Crippen LogP contribution in [0.15, 0.2) is 29.6 Å². The molecule has 4 N–H and O–H groups in total. The summed E-state index contributed by atoms with van der Waals surface area (Å²) in [4.78, 5) is 4.38. The summed E-state index contributed by atoms with van der Waals surface area (Å²) in [6.07, 6.45) is 1.43.